The minimum atomic E-state index is -0.521. The number of nitrogens with two attached hydrogens (primary N) is 1. The van der Waals surface area contributed by atoms with Gasteiger partial charge in [-0.3, -0.25) is 14.3 Å². The quantitative estimate of drug-likeness (QED) is 0.550. The Balaban J connectivity index is 2.06. The van der Waals surface area contributed by atoms with Crippen LogP contribution in [0.5, 0.6) is 0 Å². The summed E-state index contributed by atoms with van der Waals surface area (Å²) in [6, 6.07) is 7.64. The Hall–Kier alpha value is -3.20. The van der Waals surface area contributed by atoms with Crippen molar-refractivity contribution in [3.63, 3.8) is 0 Å². The largest absolute Gasteiger partial charge is 0.383 e. The average molecular weight is 412 g/mol. The van der Waals surface area contributed by atoms with E-state index < -0.39 is 11.2 Å². The second kappa shape index (κ2) is 9.53. The number of anilines is 2. The highest BCUT2D eigenvalue weighted by molar-refractivity contribution is 5.74. The number of para-hydroxylation sites is 2. The zero-order valence-electron chi connectivity index (χ0n) is 17.6. The van der Waals surface area contributed by atoms with Gasteiger partial charge in [0.15, 0.2) is 0 Å². The molecule has 0 aliphatic heterocycles. The Morgan fingerprint density at radius 3 is 2.57 bits per heavy atom. The number of hydrogen-bond acceptors (Lipinski definition) is 7. The number of H-pyrrole nitrogens is 1. The van der Waals surface area contributed by atoms with Gasteiger partial charge < -0.3 is 15.4 Å². The van der Waals surface area contributed by atoms with Crippen LogP contribution in [0.2, 0.25) is 0 Å². The van der Waals surface area contributed by atoms with E-state index in [2.05, 4.69) is 9.97 Å². The zero-order chi connectivity index (χ0) is 21.7. The molecule has 3 rings (SSSR count). The molecule has 0 aliphatic rings. The van der Waals surface area contributed by atoms with E-state index in [4.69, 9.17) is 15.5 Å². The van der Waals surface area contributed by atoms with Crippen molar-refractivity contribution < 1.29 is 4.74 Å². The molecule has 2 heterocycles. The fraction of sp³-hybridized carbons (Fsp3) is 0.429. The maximum absolute atomic E-state index is 12.7. The highest BCUT2D eigenvalue weighted by Crippen LogP contribution is 2.21. The number of aromatic nitrogens is 4. The maximum Gasteiger partial charge on any atom is 0.330 e. The van der Waals surface area contributed by atoms with Crippen molar-refractivity contribution in [2.75, 3.05) is 30.9 Å². The molecule has 3 aromatic rings. The lowest BCUT2D eigenvalue weighted by molar-refractivity contribution is 0.205. The van der Waals surface area contributed by atoms with Gasteiger partial charge in [-0.25, -0.2) is 14.8 Å². The van der Waals surface area contributed by atoms with Crippen LogP contribution in [0.3, 0.4) is 0 Å². The normalized spacial score (nSPS) is 11.2. The number of nitrogens with one attached hydrogen (secondary N) is 1. The topological polar surface area (TPSA) is 119 Å². The predicted octanol–water partition coefficient (Wildman–Crippen LogP) is 1.82. The van der Waals surface area contributed by atoms with E-state index in [0.29, 0.717) is 26.2 Å². The molecule has 0 bridgehead atoms. The van der Waals surface area contributed by atoms with E-state index in [1.165, 1.54) is 4.57 Å². The molecule has 0 amide bonds. The number of ether oxygens (including phenoxy) is 1. The Morgan fingerprint density at radius 2 is 1.90 bits per heavy atom. The van der Waals surface area contributed by atoms with Crippen LogP contribution in [-0.4, -0.2) is 39.8 Å². The number of nitrogen functional groups attached to an aromatic ring is 1. The monoisotopic (exact) mass is 412 g/mol. The van der Waals surface area contributed by atoms with Crippen LogP contribution in [-0.2, 0) is 17.8 Å². The molecule has 30 heavy (non-hydrogen) atoms. The van der Waals surface area contributed by atoms with Gasteiger partial charge in [0.2, 0.25) is 0 Å². The highest BCUT2D eigenvalue weighted by atomic mass is 16.5. The third-order valence-electron chi connectivity index (χ3n) is 5.01. The zero-order valence-corrected chi connectivity index (χ0v) is 17.6. The first-order valence-corrected chi connectivity index (χ1v) is 10.0. The summed E-state index contributed by atoms with van der Waals surface area (Å²) in [5.41, 5.74) is 8.63. The summed E-state index contributed by atoms with van der Waals surface area (Å²) in [4.78, 5) is 38.5. The maximum atomic E-state index is 12.7. The van der Waals surface area contributed by atoms with E-state index >= 15 is 0 Å². The van der Waals surface area contributed by atoms with Gasteiger partial charge in [-0.05, 0) is 25.5 Å². The van der Waals surface area contributed by atoms with Crippen LogP contribution in [0.4, 0.5) is 11.5 Å². The van der Waals surface area contributed by atoms with Crippen molar-refractivity contribution in [1.82, 2.24) is 19.5 Å². The third-order valence-corrected chi connectivity index (χ3v) is 5.01. The van der Waals surface area contributed by atoms with Gasteiger partial charge in [0.1, 0.15) is 11.5 Å². The summed E-state index contributed by atoms with van der Waals surface area (Å²) in [5, 5.41) is 0. The van der Waals surface area contributed by atoms with Crippen LogP contribution in [0, 0.1) is 6.92 Å². The van der Waals surface area contributed by atoms with E-state index in [1.54, 1.807) is 12.0 Å². The molecule has 0 radical (unpaired) electrons. The van der Waals surface area contributed by atoms with E-state index in [9.17, 15) is 9.59 Å². The summed E-state index contributed by atoms with van der Waals surface area (Å²) in [7, 11) is 1.59. The molecule has 3 N–H and O–H groups in total. The van der Waals surface area contributed by atoms with Gasteiger partial charge >= 0.3 is 5.69 Å². The Bertz CT molecular complexity index is 1140. The lowest BCUT2D eigenvalue weighted by atomic mass is 10.2. The van der Waals surface area contributed by atoms with Crippen molar-refractivity contribution in [2.45, 2.75) is 39.8 Å². The van der Waals surface area contributed by atoms with E-state index in [0.717, 1.165) is 35.3 Å². The minimum absolute atomic E-state index is 0.153. The number of unbranched alkanes of at least 4 members (excludes halogenated alkanes) is 1. The van der Waals surface area contributed by atoms with Crippen LogP contribution >= 0.6 is 0 Å². The first-order valence-electron chi connectivity index (χ1n) is 10.0. The first-order chi connectivity index (χ1) is 14.5. The van der Waals surface area contributed by atoms with Gasteiger partial charge in [-0.15, -0.1) is 0 Å². The fourth-order valence-corrected chi connectivity index (χ4v) is 3.35. The van der Waals surface area contributed by atoms with Gasteiger partial charge in [-0.2, -0.15) is 0 Å². The summed E-state index contributed by atoms with van der Waals surface area (Å²) in [6.07, 6.45) is 1.68. The highest BCUT2D eigenvalue weighted by Gasteiger charge is 2.20. The number of benzene rings is 1. The Kier molecular flexibility index (Phi) is 6.83. The number of aryl methyl sites for hydroxylation is 1. The smallest absolute Gasteiger partial charge is 0.330 e. The summed E-state index contributed by atoms with van der Waals surface area (Å²) in [6.45, 7) is 5.46. The van der Waals surface area contributed by atoms with Gasteiger partial charge in [0, 0.05) is 20.2 Å². The third kappa shape index (κ3) is 4.51. The van der Waals surface area contributed by atoms with Gasteiger partial charge in [-0.1, -0.05) is 25.5 Å². The molecule has 0 spiro atoms. The van der Waals surface area contributed by atoms with Crippen LogP contribution < -0.4 is 21.9 Å². The molecule has 160 valence electrons. The molecular weight excluding hydrogens is 384 g/mol. The van der Waals surface area contributed by atoms with Crippen LogP contribution in [0.15, 0.2) is 33.9 Å². The number of hydrogen-bond donors (Lipinski definition) is 2. The SMILES string of the molecule is CCCCn1c(N)c(N(CCOC)Cc2nc3ccccc3nc2C)c(=O)[nH]c1=O. The second-order valence-corrected chi connectivity index (χ2v) is 7.16. The molecule has 0 saturated carbocycles. The number of nitrogens with zero attached hydrogens (tertiary/aromatic N) is 4. The number of rotatable bonds is 9. The first kappa shape index (κ1) is 21.5. The Labute approximate surface area is 174 Å². The standard InChI is InChI=1S/C21H28N6O3/c1-4-5-10-27-19(22)18(20(28)25-21(27)29)26(11-12-30-3)13-17-14(2)23-15-8-6-7-9-16(15)24-17/h6-9H,4-5,10-13,22H2,1-3H3,(H,25,28,29). The van der Waals surface area contributed by atoms with Crippen molar-refractivity contribution in [2.24, 2.45) is 0 Å². The molecule has 2 aromatic heterocycles. The lowest BCUT2D eigenvalue weighted by Crippen LogP contribution is -2.39. The molecule has 0 aliphatic carbocycles. The molecule has 9 heteroatoms. The molecule has 9 nitrogen and oxygen atoms in total. The van der Waals surface area contributed by atoms with Gasteiger partial charge in [0.05, 0.1) is 35.6 Å². The number of aromatic amines is 1. The average Bonchev–Trinajstić information content (AvgIpc) is 2.72. The second-order valence-electron chi connectivity index (χ2n) is 7.16. The van der Waals surface area contributed by atoms with Crippen molar-refractivity contribution in [3.05, 3.63) is 56.5 Å². The number of methoxy groups -OCH3 is 1. The number of fused-ring (bicyclic) bond motifs is 1. The van der Waals surface area contributed by atoms with Crippen LogP contribution in [0.1, 0.15) is 31.2 Å². The predicted molar refractivity (Wildman–Crippen MR) is 118 cm³/mol. The van der Waals surface area contributed by atoms with Crippen LogP contribution in [0.25, 0.3) is 11.0 Å². The molecule has 0 atom stereocenters. The molecule has 0 saturated heterocycles. The molecule has 0 fully saturated rings. The molecular formula is C21H28N6O3. The molecule has 0 unspecified atom stereocenters. The van der Waals surface area contributed by atoms with Crippen molar-refractivity contribution in [3.8, 4) is 0 Å². The van der Waals surface area contributed by atoms with E-state index in [1.807, 2.05) is 38.1 Å². The summed E-state index contributed by atoms with van der Waals surface area (Å²) in [5.74, 6) is 0.153. The van der Waals surface area contributed by atoms with Crippen molar-refractivity contribution >= 4 is 22.5 Å². The van der Waals surface area contributed by atoms with E-state index in [-0.39, 0.29) is 11.5 Å². The fourth-order valence-electron chi connectivity index (χ4n) is 3.35. The lowest BCUT2D eigenvalue weighted by Gasteiger charge is -2.26. The van der Waals surface area contributed by atoms with Gasteiger partial charge in [0.25, 0.3) is 5.56 Å². The molecule has 1 aromatic carbocycles. The summed E-state index contributed by atoms with van der Waals surface area (Å²) < 4.78 is 6.65. The van der Waals surface area contributed by atoms with Crippen molar-refractivity contribution in [1.29, 1.82) is 0 Å². The Morgan fingerprint density at radius 1 is 1.20 bits per heavy atom. The summed E-state index contributed by atoms with van der Waals surface area (Å²) >= 11 is 0. The minimum Gasteiger partial charge on any atom is -0.383 e.